The van der Waals surface area contributed by atoms with Crippen molar-refractivity contribution in [2.45, 2.75) is 37.6 Å². The molecule has 114 valence electrons. The van der Waals surface area contributed by atoms with E-state index in [0.29, 0.717) is 18.3 Å². The number of benzene rings is 1. The normalized spacial score (nSPS) is 11.8. The van der Waals surface area contributed by atoms with Crippen molar-refractivity contribution in [2.75, 3.05) is 4.72 Å². The lowest BCUT2D eigenvalue weighted by Gasteiger charge is -2.10. The number of aryl methyl sites for hydroxylation is 1. The first kappa shape index (κ1) is 15.9. The van der Waals surface area contributed by atoms with E-state index in [9.17, 15) is 8.42 Å². The molecule has 0 saturated heterocycles. The molecule has 2 N–H and O–H groups in total. The standard InChI is InChI=1S/C14H19N3O2S2/c1-10(2)15-8-12-5-4-6-13(7-12)17-21(18,19)14-9-16-11(3)20-14/h4-7,9-10,15,17H,8H2,1-3H3. The minimum absolute atomic E-state index is 0.228. The van der Waals surface area contributed by atoms with Crippen LogP contribution < -0.4 is 10.0 Å². The molecule has 0 fully saturated rings. The Kier molecular flexibility index (Phi) is 4.97. The molecule has 1 heterocycles. The summed E-state index contributed by atoms with van der Waals surface area (Å²) in [5, 5.41) is 4.03. The number of hydrogen-bond donors (Lipinski definition) is 2. The Labute approximate surface area is 129 Å². The van der Waals surface area contributed by atoms with E-state index in [1.165, 1.54) is 6.20 Å². The predicted octanol–water partition coefficient (Wildman–Crippen LogP) is 2.75. The maximum atomic E-state index is 12.2. The number of nitrogens with one attached hydrogen (secondary N) is 2. The van der Waals surface area contributed by atoms with Crippen molar-refractivity contribution in [1.82, 2.24) is 10.3 Å². The van der Waals surface area contributed by atoms with Crippen LogP contribution in [0.5, 0.6) is 0 Å². The summed E-state index contributed by atoms with van der Waals surface area (Å²) in [6.07, 6.45) is 1.38. The largest absolute Gasteiger partial charge is 0.310 e. The number of rotatable bonds is 6. The third-order valence-electron chi connectivity index (χ3n) is 2.76. The zero-order valence-electron chi connectivity index (χ0n) is 12.3. The number of hydrogen-bond acceptors (Lipinski definition) is 5. The first-order chi connectivity index (χ1) is 9.87. The Morgan fingerprint density at radius 2 is 2.10 bits per heavy atom. The van der Waals surface area contributed by atoms with Gasteiger partial charge >= 0.3 is 0 Å². The summed E-state index contributed by atoms with van der Waals surface area (Å²) in [5.74, 6) is 0. The van der Waals surface area contributed by atoms with Crippen LogP contribution in [0.4, 0.5) is 5.69 Å². The maximum absolute atomic E-state index is 12.2. The molecule has 0 saturated carbocycles. The van der Waals surface area contributed by atoms with E-state index in [4.69, 9.17) is 0 Å². The van der Waals surface area contributed by atoms with E-state index in [-0.39, 0.29) is 4.21 Å². The molecule has 0 unspecified atom stereocenters. The number of sulfonamides is 1. The van der Waals surface area contributed by atoms with E-state index in [1.54, 1.807) is 13.0 Å². The average Bonchev–Trinajstić information content (AvgIpc) is 2.84. The van der Waals surface area contributed by atoms with E-state index in [2.05, 4.69) is 28.9 Å². The van der Waals surface area contributed by atoms with Gasteiger partial charge in [0.25, 0.3) is 10.0 Å². The third kappa shape index (κ3) is 4.52. The topological polar surface area (TPSA) is 71.1 Å². The Morgan fingerprint density at radius 3 is 2.71 bits per heavy atom. The van der Waals surface area contributed by atoms with Crippen molar-refractivity contribution in [3.05, 3.63) is 41.0 Å². The molecule has 1 aromatic heterocycles. The molecule has 21 heavy (non-hydrogen) atoms. The van der Waals surface area contributed by atoms with Crippen molar-refractivity contribution in [3.63, 3.8) is 0 Å². The van der Waals surface area contributed by atoms with E-state index in [0.717, 1.165) is 21.9 Å². The fraction of sp³-hybridized carbons (Fsp3) is 0.357. The second kappa shape index (κ2) is 6.55. The van der Waals surface area contributed by atoms with Crippen LogP contribution in [0.15, 0.2) is 34.7 Å². The summed E-state index contributed by atoms with van der Waals surface area (Å²) in [4.78, 5) is 3.98. The summed E-state index contributed by atoms with van der Waals surface area (Å²) >= 11 is 1.16. The molecular formula is C14H19N3O2S2. The Bertz CT molecular complexity index is 709. The van der Waals surface area contributed by atoms with E-state index in [1.807, 2.05) is 18.2 Å². The Morgan fingerprint density at radius 1 is 1.33 bits per heavy atom. The third-order valence-corrected chi connectivity index (χ3v) is 5.51. The van der Waals surface area contributed by atoms with Crippen LogP contribution in [-0.2, 0) is 16.6 Å². The summed E-state index contributed by atoms with van der Waals surface area (Å²) in [6.45, 7) is 6.62. The van der Waals surface area contributed by atoms with Crippen molar-refractivity contribution >= 4 is 27.0 Å². The molecule has 0 amide bonds. The molecule has 0 radical (unpaired) electrons. The SMILES string of the molecule is Cc1ncc(S(=O)(=O)Nc2cccc(CNC(C)C)c2)s1. The second-order valence-electron chi connectivity index (χ2n) is 5.04. The van der Waals surface area contributed by atoms with E-state index >= 15 is 0 Å². The molecule has 0 atom stereocenters. The lowest BCUT2D eigenvalue weighted by molar-refractivity contribution is 0.589. The minimum atomic E-state index is -3.55. The van der Waals surface area contributed by atoms with Gasteiger partial charge in [-0.3, -0.25) is 4.72 Å². The molecule has 5 nitrogen and oxygen atoms in total. The monoisotopic (exact) mass is 325 g/mol. The van der Waals surface area contributed by atoms with Gasteiger partial charge in [-0.1, -0.05) is 26.0 Å². The quantitative estimate of drug-likeness (QED) is 0.857. The molecular weight excluding hydrogens is 306 g/mol. The van der Waals surface area contributed by atoms with Crippen LogP contribution in [0.3, 0.4) is 0 Å². The predicted molar refractivity (Wildman–Crippen MR) is 86.1 cm³/mol. The lowest BCUT2D eigenvalue weighted by Crippen LogP contribution is -2.21. The highest BCUT2D eigenvalue weighted by Crippen LogP contribution is 2.21. The molecule has 0 bridgehead atoms. The first-order valence-corrected chi connectivity index (χ1v) is 8.94. The highest BCUT2D eigenvalue weighted by Gasteiger charge is 2.17. The molecule has 2 aromatic rings. The highest BCUT2D eigenvalue weighted by atomic mass is 32.2. The van der Waals surface area contributed by atoms with Crippen LogP contribution in [0.1, 0.15) is 24.4 Å². The highest BCUT2D eigenvalue weighted by molar-refractivity contribution is 7.94. The van der Waals surface area contributed by atoms with Crippen molar-refractivity contribution in [1.29, 1.82) is 0 Å². The lowest BCUT2D eigenvalue weighted by atomic mass is 10.2. The van der Waals surface area contributed by atoms with Crippen LogP contribution in [0.2, 0.25) is 0 Å². The van der Waals surface area contributed by atoms with Crippen molar-refractivity contribution in [2.24, 2.45) is 0 Å². The van der Waals surface area contributed by atoms with Gasteiger partial charge in [0.2, 0.25) is 0 Å². The molecule has 2 rings (SSSR count). The maximum Gasteiger partial charge on any atom is 0.273 e. The molecule has 0 aliphatic carbocycles. The number of nitrogens with zero attached hydrogens (tertiary/aromatic N) is 1. The fourth-order valence-corrected chi connectivity index (χ4v) is 3.90. The summed E-state index contributed by atoms with van der Waals surface area (Å²) in [6, 6.07) is 7.76. The van der Waals surface area contributed by atoms with Gasteiger partial charge in [-0.2, -0.15) is 0 Å². The van der Waals surface area contributed by atoms with Gasteiger partial charge in [0, 0.05) is 18.3 Å². The molecule has 0 spiro atoms. The van der Waals surface area contributed by atoms with Crippen LogP contribution in [-0.4, -0.2) is 19.4 Å². The average molecular weight is 325 g/mol. The zero-order chi connectivity index (χ0) is 15.5. The number of anilines is 1. The molecule has 0 aliphatic rings. The summed E-state index contributed by atoms with van der Waals surface area (Å²) in [7, 11) is -3.55. The van der Waals surface area contributed by atoms with Gasteiger partial charge in [0.15, 0.2) is 4.21 Å². The molecule has 0 aliphatic heterocycles. The van der Waals surface area contributed by atoms with Gasteiger partial charge in [-0.05, 0) is 24.6 Å². The Hall–Kier alpha value is -1.44. The molecule has 7 heteroatoms. The summed E-state index contributed by atoms with van der Waals surface area (Å²) < 4.78 is 27.3. The van der Waals surface area contributed by atoms with Crippen LogP contribution >= 0.6 is 11.3 Å². The van der Waals surface area contributed by atoms with Crippen molar-refractivity contribution in [3.8, 4) is 0 Å². The van der Waals surface area contributed by atoms with Gasteiger partial charge in [-0.15, -0.1) is 11.3 Å². The van der Waals surface area contributed by atoms with Crippen LogP contribution in [0, 0.1) is 6.92 Å². The second-order valence-corrected chi connectivity index (χ2v) is 8.18. The van der Waals surface area contributed by atoms with Crippen molar-refractivity contribution < 1.29 is 8.42 Å². The van der Waals surface area contributed by atoms with Gasteiger partial charge in [0.05, 0.1) is 11.2 Å². The first-order valence-electron chi connectivity index (χ1n) is 6.64. The van der Waals surface area contributed by atoms with Gasteiger partial charge < -0.3 is 5.32 Å². The van der Waals surface area contributed by atoms with Gasteiger partial charge in [-0.25, -0.2) is 13.4 Å². The Balaban J connectivity index is 2.14. The number of aromatic nitrogens is 1. The smallest absolute Gasteiger partial charge is 0.273 e. The van der Waals surface area contributed by atoms with E-state index < -0.39 is 10.0 Å². The number of thiazole rings is 1. The minimum Gasteiger partial charge on any atom is -0.310 e. The van der Waals surface area contributed by atoms with Gasteiger partial charge in [0.1, 0.15) is 0 Å². The molecule has 1 aromatic carbocycles. The zero-order valence-corrected chi connectivity index (χ0v) is 13.9. The van der Waals surface area contributed by atoms with Crippen LogP contribution in [0.25, 0.3) is 0 Å². The summed E-state index contributed by atoms with van der Waals surface area (Å²) in [5.41, 5.74) is 1.59. The fourth-order valence-electron chi connectivity index (χ4n) is 1.74.